The highest BCUT2D eigenvalue weighted by Gasteiger charge is 2.16. The summed E-state index contributed by atoms with van der Waals surface area (Å²) in [6.45, 7) is 1.84. The second-order valence-electron chi connectivity index (χ2n) is 3.87. The number of anilines is 1. The maximum Gasteiger partial charge on any atom is 0.339 e. The first kappa shape index (κ1) is 12.8. The third-order valence-corrected chi connectivity index (χ3v) is 2.49. The minimum absolute atomic E-state index is 0.0661. The molecule has 0 atom stereocenters. The Morgan fingerprint density at radius 3 is 2.74 bits per heavy atom. The molecule has 1 amide bonds. The molecule has 0 fully saturated rings. The van der Waals surface area contributed by atoms with E-state index in [2.05, 4.69) is 15.2 Å². The molecule has 0 aliphatic rings. The lowest BCUT2D eigenvalue weighted by molar-refractivity contribution is 0.0602. The van der Waals surface area contributed by atoms with Crippen molar-refractivity contribution in [1.29, 1.82) is 0 Å². The number of hydrogen-bond acceptors (Lipinski definition) is 5. The van der Waals surface area contributed by atoms with Gasteiger partial charge in [-0.2, -0.15) is 0 Å². The lowest BCUT2D eigenvalue weighted by Crippen LogP contribution is -2.15. The molecule has 0 radical (unpaired) electrons. The van der Waals surface area contributed by atoms with Gasteiger partial charge in [0.25, 0.3) is 5.91 Å². The number of nitrogens with zero attached hydrogens (tertiary/aromatic N) is 1. The van der Waals surface area contributed by atoms with E-state index in [0.717, 1.165) is 5.56 Å². The number of aromatic nitrogens is 1. The van der Waals surface area contributed by atoms with E-state index in [4.69, 9.17) is 4.52 Å². The SMILES string of the molecule is COC(=O)c1cc(C)ccc1NC(=O)c1ccno1. The van der Waals surface area contributed by atoms with Crippen molar-refractivity contribution in [2.45, 2.75) is 6.92 Å². The zero-order valence-corrected chi connectivity index (χ0v) is 10.5. The van der Waals surface area contributed by atoms with E-state index in [9.17, 15) is 9.59 Å². The van der Waals surface area contributed by atoms with Crippen LogP contribution in [0.5, 0.6) is 0 Å². The number of nitrogens with one attached hydrogen (secondary N) is 1. The largest absolute Gasteiger partial charge is 0.465 e. The number of methoxy groups -OCH3 is 1. The Balaban J connectivity index is 2.29. The van der Waals surface area contributed by atoms with E-state index in [0.29, 0.717) is 5.69 Å². The molecule has 1 aromatic carbocycles. The van der Waals surface area contributed by atoms with Crippen molar-refractivity contribution in [3.05, 3.63) is 47.3 Å². The fourth-order valence-electron chi connectivity index (χ4n) is 1.56. The van der Waals surface area contributed by atoms with Gasteiger partial charge in [0.1, 0.15) is 0 Å². The topological polar surface area (TPSA) is 81.4 Å². The van der Waals surface area contributed by atoms with Gasteiger partial charge in [-0.15, -0.1) is 0 Å². The van der Waals surface area contributed by atoms with Crippen LogP contribution >= 0.6 is 0 Å². The molecule has 0 saturated carbocycles. The Hall–Kier alpha value is -2.63. The van der Waals surface area contributed by atoms with Crippen LogP contribution in [0, 0.1) is 6.92 Å². The molecular formula is C13H12N2O4. The second kappa shape index (κ2) is 5.34. The molecule has 6 heteroatoms. The van der Waals surface area contributed by atoms with Crippen LogP contribution in [-0.2, 0) is 4.74 Å². The molecule has 0 saturated heterocycles. The molecule has 0 aliphatic heterocycles. The van der Waals surface area contributed by atoms with Gasteiger partial charge < -0.3 is 14.6 Å². The molecule has 0 aliphatic carbocycles. The van der Waals surface area contributed by atoms with E-state index < -0.39 is 11.9 Å². The van der Waals surface area contributed by atoms with Crippen LogP contribution in [0.2, 0.25) is 0 Å². The highest BCUT2D eigenvalue weighted by molar-refractivity contribution is 6.06. The Morgan fingerprint density at radius 1 is 1.32 bits per heavy atom. The number of aryl methyl sites for hydroxylation is 1. The van der Waals surface area contributed by atoms with Crippen molar-refractivity contribution < 1.29 is 18.8 Å². The van der Waals surface area contributed by atoms with Gasteiger partial charge in [0.15, 0.2) is 0 Å². The predicted molar refractivity (Wildman–Crippen MR) is 67.0 cm³/mol. The van der Waals surface area contributed by atoms with Gasteiger partial charge >= 0.3 is 5.97 Å². The van der Waals surface area contributed by atoms with Crippen LogP contribution in [-0.4, -0.2) is 24.1 Å². The average Bonchev–Trinajstić information content (AvgIpc) is 2.94. The van der Waals surface area contributed by atoms with Crippen molar-refractivity contribution in [3.63, 3.8) is 0 Å². The first-order chi connectivity index (χ1) is 9.11. The predicted octanol–water partition coefficient (Wildman–Crippen LogP) is 2.02. The van der Waals surface area contributed by atoms with Gasteiger partial charge in [0, 0.05) is 6.07 Å². The van der Waals surface area contributed by atoms with Gasteiger partial charge in [0.2, 0.25) is 5.76 Å². The second-order valence-corrected chi connectivity index (χ2v) is 3.87. The lowest BCUT2D eigenvalue weighted by Gasteiger charge is -2.09. The maximum absolute atomic E-state index is 11.8. The van der Waals surface area contributed by atoms with E-state index in [1.807, 2.05) is 6.92 Å². The average molecular weight is 260 g/mol. The zero-order chi connectivity index (χ0) is 13.8. The standard InChI is InChI=1S/C13H12N2O4/c1-8-3-4-10(9(7-8)13(17)18-2)15-12(16)11-5-6-14-19-11/h3-7H,1-2H3,(H,15,16). The van der Waals surface area contributed by atoms with Crippen LogP contribution in [0.4, 0.5) is 5.69 Å². The minimum Gasteiger partial charge on any atom is -0.465 e. The van der Waals surface area contributed by atoms with Crippen molar-refractivity contribution in [2.75, 3.05) is 12.4 Å². The number of esters is 1. The monoisotopic (exact) mass is 260 g/mol. The summed E-state index contributed by atoms with van der Waals surface area (Å²) in [7, 11) is 1.28. The molecule has 2 aromatic rings. The Labute approximate surface area is 109 Å². The van der Waals surface area contributed by atoms with Crippen LogP contribution in [0.15, 0.2) is 35.0 Å². The van der Waals surface area contributed by atoms with Gasteiger partial charge in [-0.3, -0.25) is 4.79 Å². The van der Waals surface area contributed by atoms with E-state index >= 15 is 0 Å². The molecule has 1 heterocycles. The summed E-state index contributed by atoms with van der Waals surface area (Å²) >= 11 is 0. The summed E-state index contributed by atoms with van der Waals surface area (Å²) in [6, 6.07) is 6.49. The third-order valence-electron chi connectivity index (χ3n) is 2.49. The summed E-state index contributed by atoms with van der Waals surface area (Å²) in [5, 5.41) is 6.03. The Bertz CT molecular complexity index is 605. The van der Waals surface area contributed by atoms with Gasteiger partial charge in [-0.1, -0.05) is 16.8 Å². The van der Waals surface area contributed by atoms with Gasteiger partial charge in [0.05, 0.1) is 24.6 Å². The molecule has 0 unspecified atom stereocenters. The molecule has 19 heavy (non-hydrogen) atoms. The van der Waals surface area contributed by atoms with E-state index in [-0.39, 0.29) is 11.3 Å². The molecule has 2 rings (SSSR count). The summed E-state index contributed by atoms with van der Waals surface area (Å²) in [5.41, 5.74) is 1.53. The molecule has 0 spiro atoms. The molecule has 1 N–H and O–H groups in total. The van der Waals surface area contributed by atoms with E-state index in [1.165, 1.54) is 19.4 Å². The fourth-order valence-corrected chi connectivity index (χ4v) is 1.56. The van der Waals surface area contributed by atoms with Crippen molar-refractivity contribution in [3.8, 4) is 0 Å². The van der Waals surface area contributed by atoms with Crippen LogP contribution < -0.4 is 5.32 Å². The minimum atomic E-state index is -0.517. The first-order valence-electron chi connectivity index (χ1n) is 5.53. The van der Waals surface area contributed by atoms with Crippen molar-refractivity contribution in [2.24, 2.45) is 0 Å². The summed E-state index contributed by atoms with van der Waals surface area (Å²) < 4.78 is 9.42. The first-order valence-corrected chi connectivity index (χ1v) is 5.53. The summed E-state index contributed by atoms with van der Waals surface area (Å²) in [6.07, 6.45) is 1.37. The highest BCUT2D eigenvalue weighted by atomic mass is 16.5. The van der Waals surface area contributed by atoms with E-state index in [1.54, 1.807) is 18.2 Å². The smallest absolute Gasteiger partial charge is 0.339 e. The van der Waals surface area contributed by atoms with Crippen molar-refractivity contribution >= 4 is 17.6 Å². The number of carbonyl (C=O) groups excluding carboxylic acids is 2. The number of benzene rings is 1. The molecule has 6 nitrogen and oxygen atoms in total. The Morgan fingerprint density at radius 2 is 2.11 bits per heavy atom. The zero-order valence-electron chi connectivity index (χ0n) is 10.5. The maximum atomic E-state index is 11.8. The summed E-state index contributed by atoms with van der Waals surface area (Å²) in [5.74, 6) is -0.931. The quantitative estimate of drug-likeness (QED) is 0.854. The molecule has 1 aromatic heterocycles. The number of hydrogen-bond donors (Lipinski definition) is 1. The van der Waals surface area contributed by atoms with Crippen molar-refractivity contribution in [1.82, 2.24) is 5.16 Å². The number of ether oxygens (including phenoxy) is 1. The lowest BCUT2D eigenvalue weighted by atomic mass is 10.1. The van der Waals surface area contributed by atoms with Crippen LogP contribution in [0.3, 0.4) is 0 Å². The normalized spacial score (nSPS) is 10.0. The molecule has 0 bridgehead atoms. The Kier molecular flexibility index (Phi) is 3.61. The number of carbonyl (C=O) groups is 2. The van der Waals surface area contributed by atoms with Crippen LogP contribution in [0.25, 0.3) is 0 Å². The highest BCUT2D eigenvalue weighted by Crippen LogP contribution is 2.19. The number of rotatable bonds is 3. The third kappa shape index (κ3) is 2.79. The van der Waals surface area contributed by atoms with Gasteiger partial charge in [-0.05, 0) is 19.1 Å². The summed E-state index contributed by atoms with van der Waals surface area (Å²) in [4.78, 5) is 23.5. The van der Waals surface area contributed by atoms with Gasteiger partial charge in [-0.25, -0.2) is 4.79 Å². The molecular weight excluding hydrogens is 248 g/mol. The number of amides is 1. The van der Waals surface area contributed by atoms with Crippen LogP contribution in [0.1, 0.15) is 26.5 Å². The molecule has 98 valence electrons. The fraction of sp³-hybridized carbons (Fsp3) is 0.154.